The van der Waals surface area contributed by atoms with E-state index in [1.807, 2.05) is 30.3 Å². The van der Waals surface area contributed by atoms with Crippen molar-refractivity contribution in [3.05, 3.63) is 109 Å². The molecule has 0 saturated carbocycles. The summed E-state index contributed by atoms with van der Waals surface area (Å²) >= 11 is 0. The Morgan fingerprint density at radius 3 is 2.38 bits per heavy atom. The quantitative estimate of drug-likeness (QED) is 0.604. The molecule has 0 radical (unpaired) electrons. The highest BCUT2D eigenvalue weighted by Gasteiger charge is 2.31. The Kier molecular flexibility index (Phi) is 6.84. The first kappa shape index (κ1) is 19.9. The fraction of sp³-hybridized carbons (Fsp3) is 0.130. The summed E-state index contributed by atoms with van der Waals surface area (Å²) in [6, 6.07) is 17.3. The van der Waals surface area contributed by atoms with Gasteiger partial charge in [-0.3, -0.25) is 19.6 Å². The van der Waals surface area contributed by atoms with Crippen LogP contribution in [0.1, 0.15) is 27.7 Å². The number of amides is 2. The van der Waals surface area contributed by atoms with Crippen molar-refractivity contribution in [2.75, 3.05) is 6.54 Å². The van der Waals surface area contributed by atoms with E-state index in [1.165, 1.54) is 4.90 Å². The first-order chi connectivity index (χ1) is 14.2. The number of hydrogen-bond acceptors (Lipinski definition) is 4. The van der Waals surface area contributed by atoms with E-state index in [1.54, 1.807) is 55.0 Å². The molecule has 2 aromatic heterocycles. The van der Waals surface area contributed by atoms with E-state index in [4.69, 9.17) is 0 Å². The maximum atomic E-state index is 13.2. The van der Waals surface area contributed by atoms with Crippen molar-refractivity contribution in [2.24, 2.45) is 0 Å². The minimum Gasteiger partial charge on any atom is -0.350 e. The van der Waals surface area contributed by atoms with Crippen LogP contribution in [0.15, 0.2) is 91.9 Å². The number of nitrogens with one attached hydrogen (secondary N) is 1. The standard InChI is InChI=1S/C23H22N4O2/c1-2-16-27(23(29)20-10-6-7-13-25-20)21(19-11-14-24-15-12-19)22(28)26-17-18-8-4-3-5-9-18/h2-15,21H,1,16-17H2,(H,26,28)/t21-/m0/s1. The third-order valence-corrected chi connectivity index (χ3v) is 4.36. The zero-order valence-corrected chi connectivity index (χ0v) is 15.9. The molecular formula is C23H22N4O2. The van der Waals surface area contributed by atoms with Crippen LogP contribution in [0.3, 0.4) is 0 Å². The summed E-state index contributed by atoms with van der Waals surface area (Å²) in [4.78, 5) is 36.0. The van der Waals surface area contributed by atoms with Crippen molar-refractivity contribution in [1.82, 2.24) is 20.2 Å². The number of carbonyl (C=O) groups is 2. The van der Waals surface area contributed by atoms with Crippen molar-refractivity contribution in [2.45, 2.75) is 12.6 Å². The van der Waals surface area contributed by atoms with Gasteiger partial charge in [0.1, 0.15) is 11.7 Å². The van der Waals surface area contributed by atoms with Crippen molar-refractivity contribution in [3.8, 4) is 0 Å². The Bertz CT molecular complexity index is 946. The first-order valence-electron chi connectivity index (χ1n) is 9.25. The molecule has 3 aromatic rings. The summed E-state index contributed by atoms with van der Waals surface area (Å²) in [5.74, 6) is -0.631. The summed E-state index contributed by atoms with van der Waals surface area (Å²) in [5.41, 5.74) is 1.90. The minimum atomic E-state index is -0.839. The van der Waals surface area contributed by atoms with Gasteiger partial charge in [-0.05, 0) is 35.4 Å². The van der Waals surface area contributed by atoms with Gasteiger partial charge >= 0.3 is 0 Å². The van der Waals surface area contributed by atoms with Crippen LogP contribution < -0.4 is 5.32 Å². The van der Waals surface area contributed by atoms with E-state index >= 15 is 0 Å². The van der Waals surface area contributed by atoms with E-state index in [-0.39, 0.29) is 24.1 Å². The van der Waals surface area contributed by atoms with E-state index in [0.29, 0.717) is 12.1 Å². The number of benzene rings is 1. The molecule has 0 aliphatic rings. The van der Waals surface area contributed by atoms with Gasteiger partial charge in [0.25, 0.3) is 5.91 Å². The first-order valence-corrected chi connectivity index (χ1v) is 9.25. The Balaban J connectivity index is 1.91. The molecule has 1 N–H and O–H groups in total. The summed E-state index contributed by atoms with van der Waals surface area (Å²) in [6.45, 7) is 4.30. The molecule has 0 aliphatic carbocycles. The van der Waals surface area contributed by atoms with Crippen LogP contribution in [0, 0.1) is 0 Å². The lowest BCUT2D eigenvalue weighted by atomic mass is 10.0. The van der Waals surface area contributed by atoms with Crippen LogP contribution in [0.5, 0.6) is 0 Å². The second-order valence-electron chi connectivity index (χ2n) is 6.35. The molecule has 146 valence electrons. The highest BCUT2D eigenvalue weighted by molar-refractivity contribution is 5.96. The van der Waals surface area contributed by atoms with Crippen molar-refractivity contribution < 1.29 is 9.59 Å². The highest BCUT2D eigenvalue weighted by Crippen LogP contribution is 2.23. The van der Waals surface area contributed by atoms with Crippen molar-refractivity contribution in [3.63, 3.8) is 0 Å². The van der Waals surface area contributed by atoms with Crippen LogP contribution in [0.25, 0.3) is 0 Å². The molecule has 2 amide bonds. The predicted octanol–water partition coefficient (Wildman–Crippen LogP) is 3.16. The normalized spacial score (nSPS) is 11.3. The van der Waals surface area contributed by atoms with Crippen LogP contribution in [-0.4, -0.2) is 33.2 Å². The molecule has 0 unspecified atom stereocenters. The molecule has 1 atom stereocenters. The van der Waals surface area contributed by atoms with Gasteiger partial charge in [-0.25, -0.2) is 0 Å². The van der Waals surface area contributed by atoms with Gasteiger partial charge in [-0.2, -0.15) is 0 Å². The van der Waals surface area contributed by atoms with Gasteiger partial charge in [-0.15, -0.1) is 6.58 Å². The minimum absolute atomic E-state index is 0.196. The zero-order chi connectivity index (χ0) is 20.5. The van der Waals surface area contributed by atoms with Gasteiger partial charge in [0, 0.05) is 31.7 Å². The molecule has 0 spiro atoms. The lowest BCUT2D eigenvalue weighted by Crippen LogP contribution is -2.44. The van der Waals surface area contributed by atoms with Crippen molar-refractivity contribution in [1.29, 1.82) is 0 Å². The van der Waals surface area contributed by atoms with Crippen LogP contribution in [0.4, 0.5) is 0 Å². The maximum Gasteiger partial charge on any atom is 0.273 e. The van der Waals surface area contributed by atoms with Gasteiger partial charge < -0.3 is 10.2 Å². The summed E-state index contributed by atoms with van der Waals surface area (Å²) in [7, 11) is 0. The molecule has 0 saturated heterocycles. The monoisotopic (exact) mass is 386 g/mol. The van der Waals surface area contributed by atoms with Crippen LogP contribution in [0.2, 0.25) is 0 Å². The van der Waals surface area contributed by atoms with E-state index in [0.717, 1.165) is 5.56 Å². The molecule has 29 heavy (non-hydrogen) atoms. The van der Waals surface area contributed by atoms with E-state index in [2.05, 4.69) is 21.9 Å². The SMILES string of the molecule is C=CCN(C(=O)c1ccccn1)[C@H](C(=O)NCc1ccccc1)c1ccncc1. The molecule has 0 aliphatic heterocycles. The summed E-state index contributed by atoms with van der Waals surface area (Å²) in [6.07, 6.45) is 6.35. The number of carbonyl (C=O) groups excluding carboxylic acids is 2. The van der Waals surface area contributed by atoms with Gasteiger partial charge in [-0.1, -0.05) is 42.5 Å². The molecule has 6 heteroatoms. The molecule has 0 fully saturated rings. The van der Waals surface area contributed by atoms with Crippen molar-refractivity contribution >= 4 is 11.8 Å². The van der Waals surface area contributed by atoms with E-state index in [9.17, 15) is 9.59 Å². The molecule has 1 aromatic carbocycles. The fourth-order valence-corrected chi connectivity index (χ4v) is 2.98. The Morgan fingerprint density at radius 1 is 1.00 bits per heavy atom. The number of aromatic nitrogens is 2. The Morgan fingerprint density at radius 2 is 1.72 bits per heavy atom. The topological polar surface area (TPSA) is 75.2 Å². The zero-order valence-electron chi connectivity index (χ0n) is 15.9. The average Bonchev–Trinajstić information content (AvgIpc) is 2.79. The van der Waals surface area contributed by atoms with E-state index < -0.39 is 6.04 Å². The van der Waals surface area contributed by atoms with Crippen LogP contribution in [-0.2, 0) is 11.3 Å². The predicted molar refractivity (Wildman–Crippen MR) is 111 cm³/mol. The number of pyridine rings is 2. The van der Waals surface area contributed by atoms with Gasteiger partial charge in [0.2, 0.25) is 5.91 Å². The summed E-state index contributed by atoms with van der Waals surface area (Å²) < 4.78 is 0. The lowest BCUT2D eigenvalue weighted by molar-refractivity contribution is -0.126. The van der Waals surface area contributed by atoms with Gasteiger partial charge in [0.05, 0.1) is 0 Å². The third-order valence-electron chi connectivity index (χ3n) is 4.36. The van der Waals surface area contributed by atoms with Crippen LogP contribution >= 0.6 is 0 Å². The van der Waals surface area contributed by atoms with Gasteiger partial charge in [0.15, 0.2) is 0 Å². The smallest absolute Gasteiger partial charge is 0.273 e. The fourth-order valence-electron chi connectivity index (χ4n) is 2.98. The third kappa shape index (κ3) is 5.13. The molecular weight excluding hydrogens is 364 g/mol. The Labute approximate surface area is 169 Å². The number of rotatable bonds is 8. The number of nitrogens with zero attached hydrogens (tertiary/aromatic N) is 3. The average molecular weight is 386 g/mol. The molecule has 6 nitrogen and oxygen atoms in total. The number of hydrogen-bond donors (Lipinski definition) is 1. The maximum absolute atomic E-state index is 13.2. The second kappa shape index (κ2) is 9.94. The largest absolute Gasteiger partial charge is 0.350 e. The second-order valence-corrected chi connectivity index (χ2v) is 6.35. The lowest BCUT2D eigenvalue weighted by Gasteiger charge is -2.30. The molecule has 0 bridgehead atoms. The molecule has 3 rings (SSSR count). The highest BCUT2D eigenvalue weighted by atomic mass is 16.2. The Hall–Kier alpha value is -3.80. The summed E-state index contributed by atoms with van der Waals surface area (Å²) in [5, 5.41) is 2.93. The molecule has 2 heterocycles.